The first-order valence-electron chi connectivity index (χ1n) is 6.74. The molecular formula is C15H12N4O3S. The SMILES string of the molecule is Cc1sc2ncn(/N=C/c3ccccc3[N+](=O)[O-])c(=O)c2c1C. The highest BCUT2D eigenvalue weighted by Crippen LogP contribution is 2.25. The van der Waals surface area contributed by atoms with Crippen LogP contribution in [0.1, 0.15) is 16.0 Å². The summed E-state index contributed by atoms with van der Waals surface area (Å²) in [6.07, 6.45) is 2.62. The van der Waals surface area contributed by atoms with Crippen LogP contribution in [0.5, 0.6) is 0 Å². The molecule has 0 atom stereocenters. The second-order valence-electron chi connectivity index (χ2n) is 4.92. The van der Waals surface area contributed by atoms with Crippen molar-refractivity contribution in [3.8, 4) is 0 Å². The quantitative estimate of drug-likeness (QED) is 0.420. The van der Waals surface area contributed by atoms with Gasteiger partial charge in [0.05, 0.1) is 22.1 Å². The number of thiophene rings is 1. The van der Waals surface area contributed by atoms with Gasteiger partial charge in [0.2, 0.25) is 0 Å². The van der Waals surface area contributed by atoms with Crippen LogP contribution in [0, 0.1) is 24.0 Å². The highest BCUT2D eigenvalue weighted by atomic mass is 32.1. The Labute approximate surface area is 134 Å². The van der Waals surface area contributed by atoms with Crippen LogP contribution in [0.3, 0.4) is 0 Å². The maximum absolute atomic E-state index is 12.5. The Morgan fingerprint density at radius 1 is 1.35 bits per heavy atom. The number of hydrogen-bond donors (Lipinski definition) is 0. The van der Waals surface area contributed by atoms with Gasteiger partial charge in [-0.05, 0) is 25.5 Å². The zero-order valence-electron chi connectivity index (χ0n) is 12.4. The molecule has 8 heteroatoms. The average molecular weight is 328 g/mol. The first kappa shape index (κ1) is 15.0. The molecule has 7 nitrogen and oxygen atoms in total. The fraction of sp³-hybridized carbons (Fsp3) is 0.133. The van der Waals surface area contributed by atoms with Crippen molar-refractivity contribution in [2.45, 2.75) is 13.8 Å². The zero-order valence-corrected chi connectivity index (χ0v) is 13.2. The van der Waals surface area contributed by atoms with Crippen molar-refractivity contribution in [1.29, 1.82) is 0 Å². The van der Waals surface area contributed by atoms with E-state index in [-0.39, 0.29) is 11.2 Å². The van der Waals surface area contributed by atoms with Crippen molar-refractivity contribution in [3.63, 3.8) is 0 Å². The molecule has 0 N–H and O–H groups in total. The van der Waals surface area contributed by atoms with Crippen LogP contribution in [0.2, 0.25) is 0 Å². The largest absolute Gasteiger partial charge is 0.282 e. The molecule has 0 saturated heterocycles. The number of benzene rings is 1. The lowest BCUT2D eigenvalue weighted by molar-refractivity contribution is -0.385. The molecule has 3 aromatic rings. The molecule has 1 aromatic carbocycles. The van der Waals surface area contributed by atoms with Crippen LogP contribution in [-0.4, -0.2) is 20.8 Å². The maximum atomic E-state index is 12.5. The van der Waals surface area contributed by atoms with E-state index in [1.807, 2.05) is 13.8 Å². The predicted octanol–water partition coefficient (Wildman–Crippen LogP) is 2.87. The molecule has 2 heterocycles. The normalized spacial score (nSPS) is 11.4. The van der Waals surface area contributed by atoms with E-state index in [2.05, 4.69) is 10.1 Å². The summed E-state index contributed by atoms with van der Waals surface area (Å²) in [4.78, 5) is 28.9. The third kappa shape index (κ3) is 2.64. The van der Waals surface area contributed by atoms with Crippen LogP contribution in [0.15, 0.2) is 40.5 Å². The van der Waals surface area contributed by atoms with Crippen molar-refractivity contribution >= 4 is 33.5 Å². The van der Waals surface area contributed by atoms with Crippen molar-refractivity contribution in [3.05, 3.63) is 67.1 Å². The van der Waals surface area contributed by atoms with Crippen LogP contribution in [0.4, 0.5) is 5.69 Å². The highest BCUT2D eigenvalue weighted by Gasteiger charge is 2.13. The standard InChI is InChI=1S/C15H12N4O3S/c1-9-10(2)23-14-13(9)15(20)18(8-16-14)17-7-11-5-3-4-6-12(11)19(21)22/h3-8H,1-2H3/b17-7+. The molecule has 0 radical (unpaired) electrons. The lowest BCUT2D eigenvalue weighted by Crippen LogP contribution is -2.17. The van der Waals surface area contributed by atoms with Gasteiger partial charge in [-0.2, -0.15) is 9.78 Å². The molecule has 0 fully saturated rings. The van der Waals surface area contributed by atoms with Gasteiger partial charge in [0.25, 0.3) is 11.2 Å². The minimum Gasteiger partial charge on any atom is -0.267 e. The lowest BCUT2D eigenvalue weighted by Gasteiger charge is -1.99. The van der Waals surface area contributed by atoms with Gasteiger partial charge in [-0.1, -0.05) is 12.1 Å². The predicted molar refractivity (Wildman–Crippen MR) is 89.4 cm³/mol. The smallest absolute Gasteiger partial charge is 0.267 e. The van der Waals surface area contributed by atoms with Crippen LogP contribution >= 0.6 is 11.3 Å². The van der Waals surface area contributed by atoms with E-state index in [9.17, 15) is 14.9 Å². The molecule has 2 aromatic heterocycles. The summed E-state index contributed by atoms with van der Waals surface area (Å²) in [7, 11) is 0. The molecule has 3 rings (SSSR count). The summed E-state index contributed by atoms with van der Waals surface area (Å²) in [5.74, 6) is 0. The fourth-order valence-corrected chi connectivity index (χ4v) is 3.18. The Kier molecular flexibility index (Phi) is 3.75. The number of nitro groups is 1. The Hall–Kier alpha value is -2.87. The Balaban J connectivity index is 2.09. The van der Waals surface area contributed by atoms with Gasteiger partial charge in [0.1, 0.15) is 11.2 Å². The number of aryl methyl sites for hydroxylation is 2. The number of aromatic nitrogens is 2. The monoisotopic (exact) mass is 328 g/mol. The molecule has 116 valence electrons. The molecular weight excluding hydrogens is 316 g/mol. The molecule has 0 spiro atoms. The van der Waals surface area contributed by atoms with E-state index in [1.54, 1.807) is 18.2 Å². The maximum Gasteiger partial charge on any atom is 0.282 e. The number of para-hydroxylation sites is 1. The summed E-state index contributed by atoms with van der Waals surface area (Å²) in [6, 6.07) is 6.20. The third-order valence-electron chi connectivity index (χ3n) is 3.53. The van der Waals surface area contributed by atoms with E-state index in [0.29, 0.717) is 15.8 Å². The Morgan fingerprint density at radius 3 is 2.83 bits per heavy atom. The van der Waals surface area contributed by atoms with Crippen molar-refractivity contribution in [1.82, 2.24) is 9.66 Å². The number of nitro benzene ring substituents is 1. The second kappa shape index (κ2) is 5.73. The number of nitrogens with zero attached hydrogens (tertiary/aromatic N) is 4. The zero-order chi connectivity index (χ0) is 16.6. The number of hydrogen-bond acceptors (Lipinski definition) is 6. The van der Waals surface area contributed by atoms with Crippen molar-refractivity contribution in [2.24, 2.45) is 5.10 Å². The van der Waals surface area contributed by atoms with Crippen LogP contribution in [0.25, 0.3) is 10.2 Å². The minimum absolute atomic E-state index is 0.0686. The topological polar surface area (TPSA) is 90.4 Å². The van der Waals surface area contributed by atoms with Gasteiger partial charge in [-0.25, -0.2) is 4.98 Å². The summed E-state index contributed by atoms with van der Waals surface area (Å²) < 4.78 is 1.10. The minimum atomic E-state index is -0.488. The fourth-order valence-electron chi connectivity index (χ4n) is 2.20. The van der Waals surface area contributed by atoms with Gasteiger partial charge in [0.15, 0.2) is 0 Å². The van der Waals surface area contributed by atoms with Gasteiger partial charge >= 0.3 is 0 Å². The Morgan fingerprint density at radius 2 is 2.09 bits per heavy atom. The molecule has 0 bridgehead atoms. The van der Waals surface area contributed by atoms with Crippen molar-refractivity contribution in [2.75, 3.05) is 0 Å². The van der Waals surface area contributed by atoms with E-state index in [0.717, 1.165) is 15.1 Å². The van der Waals surface area contributed by atoms with Gasteiger partial charge in [-0.15, -0.1) is 11.3 Å². The third-order valence-corrected chi connectivity index (χ3v) is 4.64. The molecule has 0 saturated carbocycles. The number of fused-ring (bicyclic) bond motifs is 1. The van der Waals surface area contributed by atoms with E-state index in [4.69, 9.17) is 0 Å². The highest BCUT2D eigenvalue weighted by molar-refractivity contribution is 7.18. The molecule has 0 aliphatic heterocycles. The van der Waals surface area contributed by atoms with Crippen LogP contribution < -0.4 is 5.56 Å². The summed E-state index contributed by atoms with van der Waals surface area (Å²) in [5, 5.41) is 15.6. The summed E-state index contributed by atoms with van der Waals surface area (Å²) in [6.45, 7) is 3.80. The second-order valence-corrected chi connectivity index (χ2v) is 6.12. The molecule has 23 heavy (non-hydrogen) atoms. The Bertz CT molecular complexity index is 1000. The summed E-state index contributed by atoms with van der Waals surface area (Å²) >= 11 is 1.46. The molecule has 0 aliphatic carbocycles. The van der Waals surface area contributed by atoms with E-state index < -0.39 is 4.92 Å². The summed E-state index contributed by atoms with van der Waals surface area (Å²) in [5.41, 5.74) is 0.855. The first-order chi connectivity index (χ1) is 11.0. The number of rotatable bonds is 3. The van der Waals surface area contributed by atoms with E-state index in [1.165, 1.54) is 29.9 Å². The van der Waals surface area contributed by atoms with Crippen molar-refractivity contribution < 1.29 is 4.92 Å². The lowest BCUT2D eigenvalue weighted by atomic mass is 10.2. The first-order valence-corrected chi connectivity index (χ1v) is 7.56. The van der Waals surface area contributed by atoms with Gasteiger partial charge in [0, 0.05) is 10.9 Å². The van der Waals surface area contributed by atoms with E-state index >= 15 is 0 Å². The van der Waals surface area contributed by atoms with Gasteiger partial charge in [-0.3, -0.25) is 14.9 Å². The molecule has 0 unspecified atom stereocenters. The average Bonchev–Trinajstić information content (AvgIpc) is 2.82. The molecule has 0 amide bonds. The van der Waals surface area contributed by atoms with Crippen LogP contribution in [-0.2, 0) is 0 Å². The van der Waals surface area contributed by atoms with Gasteiger partial charge < -0.3 is 0 Å². The molecule has 0 aliphatic rings.